The lowest BCUT2D eigenvalue weighted by Gasteiger charge is -2.25. The van der Waals surface area contributed by atoms with Gasteiger partial charge in [-0.15, -0.1) is 11.6 Å². The summed E-state index contributed by atoms with van der Waals surface area (Å²) in [5.41, 5.74) is 0. The first-order valence-corrected chi connectivity index (χ1v) is 3.39. The lowest BCUT2D eigenvalue weighted by Crippen LogP contribution is -2.38. The van der Waals surface area contributed by atoms with Gasteiger partial charge in [0.05, 0.1) is 27.0 Å². The molecule has 0 aliphatic heterocycles. The average Bonchev–Trinajstić information content (AvgIpc) is 1.62. The van der Waals surface area contributed by atoms with E-state index in [2.05, 4.69) is 0 Å². The van der Waals surface area contributed by atoms with Gasteiger partial charge in [0.25, 0.3) is 0 Å². The molecule has 0 rings (SSSR count). The highest BCUT2D eigenvalue weighted by Crippen LogP contribution is 2.02. The van der Waals surface area contributed by atoms with E-state index in [0.29, 0.717) is 12.6 Å². The molecular formula is C6H14ClNO+. The lowest BCUT2D eigenvalue weighted by atomic mass is 10.3. The van der Waals surface area contributed by atoms with Crippen molar-refractivity contribution in [2.75, 3.05) is 33.6 Å². The minimum absolute atomic E-state index is 0.246. The molecule has 1 N–H and O–H groups in total. The van der Waals surface area contributed by atoms with E-state index in [1.807, 2.05) is 21.1 Å². The number of rotatable bonds is 3. The van der Waals surface area contributed by atoms with Crippen molar-refractivity contribution >= 4 is 11.6 Å². The molecule has 0 amide bonds. The topological polar surface area (TPSA) is 20.2 Å². The minimum atomic E-state index is 0.246. The molecule has 0 aliphatic rings. The predicted molar refractivity (Wildman–Crippen MR) is 38.8 cm³/mol. The summed E-state index contributed by atoms with van der Waals surface area (Å²) in [5.74, 6) is 0.246. The number of quaternary nitrogens is 1. The molecule has 0 bridgehead atoms. The maximum absolute atomic E-state index is 8.96. The number of halogens is 1. The van der Waals surface area contributed by atoms with Gasteiger partial charge in [-0.2, -0.15) is 0 Å². The van der Waals surface area contributed by atoms with E-state index in [0.717, 1.165) is 4.48 Å². The number of likely N-dealkylation sites (N-methyl/N-ethyl adjacent to an activating group) is 1. The van der Waals surface area contributed by atoms with Gasteiger partial charge in [-0.1, -0.05) is 0 Å². The molecule has 9 heavy (non-hydrogen) atoms. The third-order valence-corrected chi connectivity index (χ3v) is 1.12. The van der Waals surface area contributed by atoms with Crippen molar-refractivity contribution in [3.8, 4) is 0 Å². The van der Waals surface area contributed by atoms with E-state index in [-0.39, 0.29) is 5.88 Å². The Morgan fingerprint density at radius 2 is 1.89 bits per heavy atom. The first kappa shape index (κ1) is 9.21. The number of aliphatic hydroxyl groups excluding tert-OH is 1. The van der Waals surface area contributed by atoms with Crippen LogP contribution in [0.2, 0.25) is 0 Å². The SMILES string of the molecule is C[N+](C)(C)C[C](O)CCl. The Hall–Kier alpha value is 0.210. The molecule has 0 saturated heterocycles. The minimum Gasteiger partial charge on any atom is -0.380 e. The molecule has 0 aromatic rings. The van der Waals surface area contributed by atoms with Crippen LogP contribution in [0.25, 0.3) is 0 Å². The summed E-state index contributed by atoms with van der Waals surface area (Å²) in [7, 11) is 6.01. The molecule has 0 fully saturated rings. The Balaban J connectivity index is 3.47. The molecule has 1 radical (unpaired) electrons. The van der Waals surface area contributed by atoms with E-state index in [1.54, 1.807) is 0 Å². The number of alkyl halides is 1. The van der Waals surface area contributed by atoms with Crippen molar-refractivity contribution < 1.29 is 9.59 Å². The van der Waals surface area contributed by atoms with Crippen molar-refractivity contribution in [1.29, 1.82) is 0 Å². The van der Waals surface area contributed by atoms with Crippen LogP contribution >= 0.6 is 11.6 Å². The van der Waals surface area contributed by atoms with E-state index in [9.17, 15) is 0 Å². The van der Waals surface area contributed by atoms with Crippen molar-refractivity contribution in [2.45, 2.75) is 0 Å². The molecule has 0 unspecified atom stereocenters. The van der Waals surface area contributed by atoms with E-state index < -0.39 is 0 Å². The molecule has 55 valence electrons. The van der Waals surface area contributed by atoms with E-state index in [1.165, 1.54) is 0 Å². The molecule has 0 atom stereocenters. The molecular weight excluding hydrogens is 138 g/mol. The predicted octanol–water partition coefficient (Wildman–Crippen LogP) is 0.836. The van der Waals surface area contributed by atoms with Crippen molar-refractivity contribution in [3.05, 3.63) is 6.10 Å². The number of hydrogen-bond acceptors (Lipinski definition) is 1. The quantitative estimate of drug-likeness (QED) is 0.468. The van der Waals surface area contributed by atoms with Gasteiger partial charge in [0.15, 0.2) is 6.10 Å². The summed E-state index contributed by atoms with van der Waals surface area (Å²) in [5, 5.41) is 8.96. The van der Waals surface area contributed by atoms with Crippen molar-refractivity contribution in [1.82, 2.24) is 0 Å². The van der Waals surface area contributed by atoms with Gasteiger partial charge in [-0.25, -0.2) is 0 Å². The second kappa shape index (κ2) is 3.40. The number of nitrogens with zero attached hydrogens (tertiary/aromatic N) is 1. The third-order valence-electron chi connectivity index (χ3n) is 0.811. The summed E-state index contributed by atoms with van der Waals surface area (Å²) >= 11 is 5.36. The molecule has 2 nitrogen and oxygen atoms in total. The van der Waals surface area contributed by atoms with Gasteiger partial charge in [-0.3, -0.25) is 0 Å². The Bertz CT molecular complexity index is 79.6. The Morgan fingerprint density at radius 1 is 1.44 bits per heavy atom. The zero-order chi connectivity index (χ0) is 7.49. The van der Waals surface area contributed by atoms with Crippen molar-refractivity contribution in [2.24, 2.45) is 0 Å². The van der Waals surface area contributed by atoms with Crippen LogP contribution in [0.15, 0.2) is 0 Å². The summed E-state index contributed by atoms with van der Waals surface area (Å²) < 4.78 is 0.721. The molecule has 0 spiro atoms. The molecule has 3 heteroatoms. The third kappa shape index (κ3) is 6.09. The summed E-state index contributed by atoms with van der Waals surface area (Å²) in [6, 6.07) is 0. The van der Waals surface area contributed by atoms with Gasteiger partial charge in [0.2, 0.25) is 0 Å². The first-order valence-electron chi connectivity index (χ1n) is 2.86. The number of hydrogen-bond donors (Lipinski definition) is 1. The van der Waals surface area contributed by atoms with Crippen LogP contribution in [0, 0.1) is 6.10 Å². The number of aliphatic hydroxyl groups is 1. The van der Waals surface area contributed by atoms with Gasteiger partial charge < -0.3 is 9.59 Å². The Labute approximate surface area is 61.6 Å². The van der Waals surface area contributed by atoms with Gasteiger partial charge in [-0.05, 0) is 0 Å². The van der Waals surface area contributed by atoms with Gasteiger partial charge >= 0.3 is 0 Å². The van der Waals surface area contributed by atoms with Crippen LogP contribution in [0.5, 0.6) is 0 Å². The highest BCUT2D eigenvalue weighted by molar-refractivity contribution is 6.18. The van der Waals surface area contributed by atoms with Crippen LogP contribution in [0.3, 0.4) is 0 Å². The monoisotopic (exact) mass is 151 g/mol. The van der Waals surface area contributed by atoms with Crippen LogP contribution < -0.4 is 0 Å². The van der Waals surface area contributed by atoms with E-state index >= 15 is 0 Å². The largest absolute Gasteiger partial charge is 0.380 e. The van der Waals surface area contributed by atoms with Gasteiger partial charge in [0, 0.05) is 0 Å². The normalized spacial score (nSPS) is 12.7. The van der Waals surface area contributed by atoms with E-state index in [4.69, 9.17) is 16.7 Å². The fourth-order valence-electron chi connectivity index (χ4n) is 0.590. The van der Waals surface area contributed by atoms with Crippen LogP contribution in [0.4, 0.5) is 0 Å². The zero-order valence-corrected chi connectivity index (χ0v) is 6.94. The molecule has 0 aliphatic carbocycles. The molecule has 0 saturated carbocycles. The summed E-state index contributed by atoms with van der Waals surface area (Å²) in [6.45, 7) is 0.628. The second-order valence-corrected chi connectivity index (χ2v) is 3.42. The maximum Gasteiger partial charge on any atom is 0.162 e. The summed E-state index contributed by atoms with van der Waals surface area (Å²) in [4.78, 5) is 0. The Morgan fingerprint density at radius 3 is 2.00 bits per heavy atom. The molecule has 0 aromatic heterocycles. The molecule has 0 aromatic carbocycles. The fourth-order valence-corrected chi connectivity index (χ4v) is 0.674. The lowest BCUT2D eigenvalue weighted by molar-refractivity contribution is -0.869. The van der Waals surface area contributed by atoms with Gasteiger partial charge in [0.1, 0.15) is 6.54 Å². The zero-order valence-electron chi connectivity index (χ0n) is 6.19. The highest BCUT2D eigenvalue weighted by Gasteiger charge is 2.14. The Kier molecular flexibility index (Phi) is 3.48. The van der Waals surface area contributed by atoms with Crippen molar-refractivity contribution in [3.63, 3.8) is 0 Å². The average molecular weight is 152 g/mol. The van der Waals surface area contributed by atoms with Crippen LogP contribution in [-0.4, -0.2) is 43.2 Å². The second-order valence-electron chi connectivity index (χ2n) is 3.15. The maximum atomic E-state index is 8.96. The van der Waals surface area contributed by atoms with Crippen LogP contribution in [-0.2, 0) is 0 Å². The standard InChI is InChI=1S/C6H14ClNO/c1-8(2,3)5-6(9)4-7/h9H,4-5H2,1-3H3/q+1. The summed E-state index contributed by atoms with van der Waals surface area (Å²) in [6.07, 6.45) is 0.351. The first-order chi connectivity index (χ1) is 3.95. The molecule has 0 heterocycles. The van der Waals surface area contributed by atoms with Crippen LogP contribution in [0.1, 0.15) is 0 Å². The fraction of sp³-hybridized carbons (Fsp3) is 0.833. The smallest absolute Gasteiger partial charge is 0.162 e. The highest BCUT2D eigenvalue weighted by atomic mass is 35.5.